The molecule has 116 valence electrons. The summed E-state index contributed by atoms with van der Waals surface area (Å²) in [5, 5.41) is 42.6. The fraction of sp³-hybridized carbons (Fsp3) is 0. The van der Waals surface area contributed by atoms with Crippen molar-refractivity contribution in [3.05, 3.63) is 58.6 Å². The summed E-state index contributed by atoms with van der Waals surface area (Å²) >= 11 is 0. The first-order valence-corrected chi connectivity index (χ1v) is 6.64. The number of nitro groups is 1. The molecule has 0 aliphatic rings. The number of aromatic amines is 1. The van der Waals surface area contributed by atoms with E-state index < -0.39 is 16.4 Å². The SMILES string of the molecule is O=[N+]([O-])c1cc(-c2c(O)[nH]c(O)c2-c2ccccc2)ccc1[O-]. The lowest BCUT2D eigenvalue weighted by Gasteiger charge is -2.10. The van der Waals surface area contributed by atoms with Crippen molar-refractivity contribution in [1.82, 2.24) is 4.98 Å². The van der Waals surface area contributed by atoms with Gasteiger partial charge in [0.25, 0.3) is 5.69 Å². The smallest absolute Gasteiger partial charge is 0.262 e. The summed E-state index contributed by atoms with van der Waals surface area (Å²) < 4.78 is 0. The Balaban J connectivity index is 2.26. The summed E-state index contributed by atoms with van der Waals surface area (Å²) in [6.45, 7) is 0. The quantitative estimate of drug-likeness (QED) is 0.507. The molecule has 0 saturated carbocycles. The van der Waals surface area contributed by atoms with Crippen LogP contribution in [-0.4, -0.2) is 20.1 Å². The van der Waals surface area contributed by atoms with E-state index >= 15 is 0 Å². The van der Waals surface area contributed by atoms with Crippen molar-refractivity contribution >= 4 is 5.69 Å². The van der Waals surface area contributed by atoms with Crippen LogP contribution in [0, 0.1) is 10.1 Å². The Kier molecular flexibility index (Phi) is 3.38. The molecule has 2 aromatic carbocycles. The number of H-pyrrole nitrogens is 1. The van der Waals surface area contributed by atoms with Gasteiger partial charge >= 0.3 is 0 Å². The topological polar surface area (TPSA) is 122 Å². The van der Waals surface area contributed by atoms with Gasteiger partial charge in [-0.25, -0.2) is 0 Å². The fourth-order valence-corrected chi connectivity index (χ4v) is 2.46. The average molecular weight is 311 g/mol. The Bertz CT molecular complexity index is 887. The van der Waals surface area contributed by atoms with Crippen LogP contribution in [0.25, 0.3) is 22.3 Å². The molecule has 3 N–H and O–H groups in total. The number of rotatable bonds is 3. The lowest BCUT2D eigenvalue weighted by atomic mass is 9.97. The summed E-state index contributed by atoms with van der Waals surface area (Å²) in [6, 6.07) is 12.3. The number of nitro benzene ring substituents is 1. The molecule has 0 aliphatic carbocycles. The van der Waals surface area contributed by atoms with Gasteiger partial charge in [-0.1, -0.05) is 42.5 Å². The van der Waals surface area contributed by atoms with Crippen LogP contribution in [0.1, 0.15) is 0 Å². The maximum absolute atomic E-state index is 11.5. The highest BCUT2D eigenvalue weighted by Gasteiger charge is 2.21. The number of benzene rings is 2. The predicted octanol–water partition coefficient (Wildman–Crippen LogP) is 2.74. The summed E-state index contributed by atoms with van der Waals surface area (Å²) in [4.78, 5) is 12.6. The molecule has 0 radical (unpaired) electrons. The van der Waals surface area contributed by atoms with E-state index in [9.17, 15) is 25.4 Å². The minimum atomic E-state index is -0.780. The first kappa shape index (κ1) is 14.5. The van der Waals surface area contributed by atoms with E-state index in [1.165, 1.54) is 6.07 Å². The number of aromatic hydroxyl groups is 2. The minimum absolute atomic E-state index is 0.191. The first-order chi connectivity index (χ1) is 11.0. The number of nitrogens with one attached hydrogen (secondary N) is 1. The van der Waals surface area contributed by atoms with E-state index in [0.717, 1.165) is 12.1 Å². The highest BCUT2D eigenvalue weighted by atomic mass is 16.6. The summed E-state index contributed by atoms with van der Waals surface area (Å²) in [7, 11) is 0. The predicted molar refractivity (Wildman–Crippen MR) is 81.1 cm³/mol. The standard InChI is InChI=1S/C16H12N2O5/c19-12-7-6-10(8-11(12)18(22)23)14-13(15(20)17-16(14)21)9-4-2-1-3-5-9/h1-8,17,19-21H/p-1. The third-order valence-electron chi connectivity index (χ3n) is 3.47. The fourth-order valence-electron chi connectivity index (χ4n) is 2.46. The van der Waals surface area contributed by atoms with Crippen molar-refractivity contribution in [1.29, 1.82) is 0 Å². The summed E-state index contributed by atoms with van der Waals surface area (Å²) in [5.41, 5.74) is 0.768. The largest absolute Gasteiger partial charge is 0.868 e. The molecular weight excluding hydrogens is 300 g/mol. The first-order valence-electron chi connectivity index (χ1n) is 6.64. The van der Waals surface area contributed by atoms with Crippen LogP contribution in [0.3, 0.4) is 0 Å². The van der Waals surface area contributed by atoms with Gasteiger partial charge in [0.1, 0.15) is 0 Å². The zero-order valence-corrected chi connectivity index (χ0v) is 11.7. The molecule has 0 bridgehead atoms. The Morgan fingerprint density at radius 2 is 1.52 bits per heavy atom. The molecule has 0 atom stereocenters. The molecule has 0 spiro atoms. The van der Waals surface area contributed by atoms with Crippen LogP contribution in [0.2, 0.25) is 0 Å². The molecule has 1 aromatic heterocycles. The van der Waals surface area contributed by atoms with Gasteiger partial charge in [-0.15, -0.1) is 0 Å². The van der Waals surface area contributed by atoms with Crippen molar-refractivity contribution in [3.8, 4) is 39.8 Å². The van der Waals surface area contributed by atoms with Crippen molar-refractivity contribution in [2.24, 2.45) is 0 Å². The second-order valence-electron chi connectivity index (χ2n) is 4.88. The van der Waals surface area contributed by atoms with Crippen LogP contribution in [0.15, 0.2) is 48.5 Å². The zero-order valence-electron chi connectivity index (χ0n) is 11.7. The lowest BCUT2D eigenvalue weighted by molar-refractivity contribution is -0.398. The second kappa shape index (κ2) is 5.38. The molecule has 0 saturated heterocycles. The molecular formula is C16H11N2O5-. The van der Waals surface area contributed by atoms with Crippen molar-refractivity contribution in [3.63, 3.8) is 0 Å². The molecule has 3 aromatic rings. The number of aromatic nitrogens is 1. The molecule has 7 heteroatoms. The molecule has 0 amide bonds. The Labute approximate surface area is 130 Å². The molecule has 7 nitrogen and oxygen atoms in total. The maximum Gasteiger partial charge on any atom is 0.262 e. The van der Waals surface area contributed by atoms with Gasteiger partial charge in [-0.2, -0.15) is 0 Å². The van der Waals surface area contributed by atoms with E-state index in [4.69, 9.17) is 0 Å². The van der Waals surface area contributed by atoms with Gasteiger partial charge in [-0.3, -0.25) is 15.1 Å². The molecule has 23 heavy (non-hydrogen) atoms. The zero-order chi connectivity index (χ0) is 16.6. The van der Waals surface area contributed by atoms with Crippen LogP contribution in [0.4, 0.5) is 5.69 Å². The Morgan fingerprint density at radius 1 is 0.913 bits per heavy atom. The van der Waals surface area contributed by atoms with Crippen molar-refractivity contribution in [2.45, 2.75) is 0 Å². The summed E-state index contributed by atoms with van der Waals surface area (Å²) in [5.74, 6) is -1.33. The van der Waals surface area contributed by atoms with Gasteiger partial charge in [-0.05, 0) is 16.9 Å². The van der Waals surface area contributed by atoms with Crippen LogP contribution >= 0.6 is 0 Å². The van der Waals surface area contributed by atoms with Crippen LogP contribution in [-0.2, 0) is 0 Å². The molecule has 1 heterocycles. The van der Waals surface area contributed by atoms with Crippen LogP contribution in [0.5, 0.6) is 17.5 Å². The van der Waals surface area contributed by atoms with Gasteiger partial charge in [0, 0.05) is 6.07 Å². The van der Waals surface area contributed by atoms with Crippen molar-refractivity contribution < 1.29 is 20.2 Å². The van der Waals surface area contributed by atoms with Gasteiger partial charge in [0.15, 0.2) is 11.8 Å². The molecule has 0 unspecified atom stereocenters. The molecule has 0 fully saturated rings. The monoisotopic (exact) mass is 311 g/mol. The lowest BCUT2D eigenvalue weighted by Crippen LogP contribution is -1.97. The number of hydrogen-bond donors (Lipinski definition) is 3. The normalized spacial score (nSPS) is 10.6. The van der Waals surface area contributed by atoms with E-state index in [1.807, 2.05) is 0 Å². The van der Waals surface area contributed by atoms with Crippen molar-refractivity contribution in [2.75, 3.05) is 0 Å². The Morgan fingerprint density at radius 3 is 2.13 bits per heavy atom. The van der Waals surface area contributed by atoms with E-state index in [2.05, 4.69) is 4.98 Å². The van der Waals surface area contributed by atoms with Gasteiger partial charge in [0.05, 0.1) is 16.1 Å². The van der Waals surface area contributed by atoms with Gasteiger partial charge < -0.3 is 15.3 Å². The third-order valence-corrected chi connectivity index (χ3v) is 3.47. The maximum atomic E-state index is 11.5. The number of nitrogens with zero attached hydrogens (tertiary/aromatic N) is 1. The van der Waals surface area contributed by atoms with E-state index in [0.29, 0.717) is 11.1 Å². The average Bonchev–Trinajstić information content (AvgIpc) is 2.83. The highest BCUT2D eigenvalue weighted by molar-refractivity contribution is 5.91. The van der Waals surface area contributed by atoms with Gasteiger partial charge in [0.2, 0.25) is 0 Å². The Hall–Kier alpha value is -3.48. The summed E-state index contributed by atoms with van der Waals surface area (Å²) in [6.07, 6.45) is 0. The molecule has 0 aliphatic heterocycles. The van der Waals surface area contributed by atoms with Crippen LogP contribution < -0.4 is 5.11 Å². The second-order valence-corrected chi connectivity index (χ2v) is 4.88. The number of hydrogen-bond acceptors (Lipinski definition) is 5. The molecule has 3 rings (SSSR count). The minimum Gasteiger partial charge on any atom is -0.868 e. The van der Waals surface area contributed by atoms with E-state index in [1.54, 1.807) is 30.3 Å². The van der Waals surface area contributed by atoms with E-state index in [-0.39, 0.29) is 22.9 Å². The highest BCUT2D eigenvalue weighted by Crippen LogP contribution is 2.45. The third kappa shape index (κ3) is 2.44.